The molecule has 2 aromatic rings. The summed E-state index contributed by atoms with van der Waals surface area (Å²) in [4.78, 5) is 41.3. The number of piperazine rings is 1. The Bertz CT molecular complexity index is 1140. The summed E-state index contributed by atoms with van der Waals surface area (Å²) < 4.78 is 5.31. The van der Waals surface area contributed by atoms with Crippen LogP contribution in [0.25, 0.3) is 0 Å². The van der Waals surface area contributed by atoms with E-state index in [1.54, 1.807) is 19.1 Å². The third-order valence-corrected chi connectivity index (χ3v) is 6.43. The van der Waals surface area contributed by atoms with Crippen LogP contribution in [0.1, 0.15) is 17.3 Å². The lowest BCUT2D eigenvalue weighted by molar-refractivity contribution is -0.384. The van der Waals surface area contributed by atoms with Crippen molar-refractivity contribution in [3.63, 3.8) is 0 Å². The van der Waals surface area contributed by atoms with Gasteiger partial charge in [0.05, 0.1) is 18.1 Å². The van der Waals surface area contributed by atoms with Gasteiger partial charge >= 0.3 is 0 Å². The Kier molecular flexibility index (Phi) is 7.96. The highest BCUT2D eigenvalue weighted by Crippen LogP contribution is 2.30. The lowest BCUT2D eigenvalue weighted by Crippen LogP contribution is -2.48. The van der Waals surface area contributed by atoms with E-state index in [-0.39, 0.29) is 22.3 Å². The van der Waals surface area contributed by atoms with Gasteiger partial charge in [-0.2, -0.15) is 0 Å². The molecule has 2 heterocycles. The number of morpholine rings is 1. The van der Waals surface area contributed by atoms with Gasteiger partial charge in [0, 0.05) is 69.2 Å². The van der Waals surface area contributed by atoms with E-state index >= 15 is 0 Å². The molecule has 0 radical (unpaired) electrons. The summed E-state index contributed by atoms with van der Waals surface area (Å²) in [7, 11) is 0. The normalized spacial score (nSPS) is 15.9. The zero-order valence-electron chi connectivity index (χ0n) is 19.9. The van der Waals surface area contributed by atoms with Crippen LogP contribution >= 0.6 is 12.2 Å². The molecular formula is C24H28N6O5S. The molecule has 0 bridgehead atoms. The minimum Gasteiger partial charge on any atom is -0.378 e. The Hall–Kier alpha value is -3.77. The largest absolute Gasteiger partial charge is 0.378 e. The number of amides is 2. The number of thiocarbonyl (C=S) groups is 1. The van der Waals surface area contributed by atoms with Gasteiger partial charge in [0.1, 0.15) is 5.69 Å². The first-order valence-electron chi connectivity index (χ1n) is 11.7. The number of carbonyl (C=O) groups is 2. The van der Waals surface area contributed by atoms with Crippen molar-refractivity contribution in [3.05, 3.63) is 58.1 Å². The summed E-state index contributed by atoms with van der Waals surface area (Å²) in [6, 6.07) is 12.0. The molecule has 2 aromatic carbocycles. The molecular weight excluding hydrogens is 484 g/mol. The molecule has 0 spiro atoms. The maximum atomic E-state index is 12.7. The van der Waals surface area contributed by atoms with E-state index in [2.05, 4.69) is 15.5 Å². The van der Waals surface area contributed by atoms with Gasteiger partial charge in [-0.15, -0.1) is 0 Å². The average Bonchev–Trinajstić information content (AvgIpc) is 2.89. The molecule has 36 heavy (non-hydrogen) atoms. The zero-order valence-corrected chi connectivity index (χ0v) is 20.8. The smallest absolute Gasteiger partial charge is 0.293 e. The molecule has 2 aliphatic heterocycles. The third-order valence-electron chi connectivity index (χ3n) is 6.23. The van der Waals surface area contributed by atoms with Gasteiger partial charge in [-0.05, 0) is 48.6 Å². The quantitative estimate of drug-likeness (QED) is 0.353. The summed E-state index contributed by atoms with van der Waals surface area (Å²) >= 11 is 5.27. The van der Waals surface area contributed by atoms with E-state index in [1.165, 1.54) is 6.07 Å². The zero-order chi connectivity index (χ0) is 25.7. The van der Waals surface area contributed by atoms with E-state index in [9.17, 15) is 19.7 Å². The Labute approximate surface area is 214 Å². The van der Waals surface area contributed by atoms with Crippen molar-refractivity contribution in [3.8, 4) is 0 Å². The predicted octanol–water partition coefficient (Wildman–Crippen LogP) is 2.23. The van der Waals surface area contributed by atoms with E-state index < -0.39 is 10.8 Å². The van der Waals surface area contributed by atoms with Gasteiger partial charge in [0.2, 0.25) is 5.91 Å². The van der Waals surface area contributed by atoms with Crippen molar-refractivity contribution in [2.24, 2.45) is 0 Å². The maximum absolute atomic E-state index is 12.7. The second-order valence-electron chi connectivity index (χ2n) is 8.51. The molecule has 0 saturated carbocycles. The number of anilines is 3. The van der Waals surface area contributed by atoms with Gasteiger partial charge in [-0.1, -0.05) is 0 Å². The number of hydrogen-bond donors (Lipinski definition) is 2. The number of nitro benzene ring substituents is 1. The minimum absolute atomic E-state index is 0.0859. The fourth-order valence-corrected chi connectivity index (χ4v) is 4.47. The van der Waals surface area contributed by atoms with Crippen LogP contribution in [-0.2, 0) is 9.53 Å². The second kappa shape index (κ2) is 11.3. The Morgan fingerprint density at radius 2 is 1.64 bits per heavy atom. The Morgan fingerprint density at radius 1 is 0.972 bits per heavy atom. The molecule has 2 saturated heterocycles. The van der Waals surface area contributed by atoms with Crippen LogP contribution in [-0.4, -0.2) is 79.2 Å². The molecule has 0 unspecified atom stereocenters. The monoisotopic (exact) mass is 512 g/mol. The molecule has 0 aromatic heterocycles. The third kappa shape index (κ3) is 6.07. The Morgan fingerprint density at radius 3 is 2.25 bits per heavy atom. The van der Waals surface area contributed by atoms with E-state index in [1.807, 2.05) is 34.1 Å². The molecule has 4 rings (SSSR count). The first-order valence-corrected chi connectivity index (χ1v) is 12.1. The number of nitrogens with one attached hydrogen (secondary N) is 2. The van der Waals surface area contributed by atoms with E-state index in [0.717, 1.165) is 18.8 Å². The van der Waals surface area contributed by atoms with Gasteiger partial charge in [0.25, 0.3) is 11.6 Å². The molecule has 2 fully saturated rings. The van der Waals surface area contributed by atoms with Crippen LogP contribution < -0.4 is 20.4 Å². The highest BCUT2D eigenvalue weighted by Gasteiger charge is 2.24. The molecule has 12 heteroatoms. The number of hydrogen-bond acceptors (Lipinski definition) is 8. The first kappa shape index (κ1) is 25.3. The van der Waals surface area contributed by atoms with E-state index in [4.69, 9.17) is 17.0 Å². The molecule has 0 atom stereocenters. The number of benzene rings is 2. The lowest BCUT2D eigenvalue weighted by Gasteiger charge is -2.35. The molecule has 11 nitrogen and oxygen atoms in total. The molecule has 2 aliphatic rings. The summed E-state index contributed by atoms with van der Waals surface area (Å²) in [5, 5.41) is 17.3. The molecule has 0 aliphatic carbocycles. The maximum Gasteiger partial charge on any atom is 0.293 e. The Balaban J connectivity index is 1.34. The lowest BCUT2D eigenvalue weighted by atomic mass is 10.1. The van der Waals surface area contributed by atoms with Crippen molar-refractivity contribution < 1.29 is 19.2 Å². The van der Waals surface area contributed by atoms with Crippen molar-refractivity contribution in [2.45, 2.75) is 6.92 Å². The number of carbonyl (C=O) groups excluding carboxylic acids is 2. The summed E-state index contributed by atoms with van der Waals surface area (Å²) in [6.07, 6.45) is 0. The first-order chi connectivity index (χ1) is 17.3. The minimum atomic E-state index is -0.538. The van der Waals surface area contributed by atoms with Crippen LogP contribution in [0.5, 0.6) is 0 Å². The van der Waals surface area contributed by atoms with Gasteiger partial charge in [-0.3, -0.25) is 25.0 Å². The van der Waals surface area contributed by atoms with Crippen LogP contribution in [0.15, 0.2) is 42.5 Å². The van der Waals surface area contributed by atoms with Crippen molar-refractivity contribution >= 4 is 51.9 Å². The van der Waals surface area contributed by atoms with Crippen LogP contribution in [0.3, 0.4) is 0 Å². The predicted molar refractivity (Wildman–Crippen MR) is 141 cm³/mol. The van der Waals surface area contributed by atoms with Crippen LogP contribution in [0, 0.1) is 10.1 Å². The summed E-state index contributed by atoms with van der Waals surface area (Å²) in [5.41, 5.74) is 2.20. The fourth-order valence-electron chi connectivity index (χ4n) is 4.26. The van der Waals surface area contributed by atoms with Gasteiger partial charge < -0.3 is 24.8 Å². The number of nitrogens with zero attached hydrogens (tertiary/aromatic N) is 4. The average molecular weight is 513 g/mol. The second-order valence-corrected chi connectivity index (χ2v) is 8.92. The van der Waals surface area contributed by atoms with Crippen molar-refractivity contribution in [1.82, 2.24) is 10.2 Å². The van der Waals surface area contributed by atoms with Crippen LogP contribution in [0.4, 0.5) is 22.7 Å². The highest BCUT2D eigenvalue weighted by molar-refractivity contribution is 7.80. The van der Waals surface area contributed by atoms with Crippen molar-refractivity contribution in [1.29, 1.82) is 0 Å². The summed E-state index contributed by atoms with van der Waals surface area (Å²) in [5.74, 6) is -0.448. The number of rotatable bonds is 5. The molecule has 2 amide bonds. The SMILES string of the molecule is CC(=O)N1CCN(c2ccc(NC(=S)NC(=O)c3ccc(N4CCOCC4)c([N+](=O)[O-])c3)cc2)CC1. The highest BCUT2D eigenvalue weighted by atomic mass is 32.1. The fraction of sp³-hybridized carbons (Fsp3) is 0.375. The van der Waals surface area contributed by atoms with Crippen LogP contribution in [0.2, 0.25) is 0 Å². The standard InChI is InChI=1S/C24H28N6O5S/c1-17(31)27-8-10-28(11-9-27)20-5-3-19(4-6-20)25-24(36)26-23(32)18-2-7-21(22(16-18)30(33)34)29-12-14-35-15-13-29/h2-7,16H,8-15H2,1H3,(H2,25,26,32,36). The molecule has 2 N–H and O–H groups in total. The van der Waals surface area contributed by atoms with Gasteiger partial charge in [0.15, 0.2) is 5.11 Å². The van der Waals surface area contributed by atoms with Gasteiger partial charge in [-0.25, -0.2) is 0 Å². The van der Waals surface area contributed by atoms with Crippen molar-refractivity contribution in [2.75, 3.05) is 67.6 Å². The topological polar surface area (TPSA) is 120 Å². The number of ether oxygens (including phenoxy) is 1. The number of nitro groups is 1. The molecule has 190 valence electrons. The summed E-state index contributed by atoms with van der Waals surface area (Å²) in [6.45, 7) is 6.58. The van der Waals surface area contributed by atoms with E-state index in [0.29, 0.717) is 50.8 Å².